The molecule has 1 aliphatic rings. The second-order valence-corrected chi connectivity index (χ2v) is 8.76. The molecule has 7 nitrogen and oxygen atoms in total. The van der Waals surface area contributed by atoms with E-state index in [0.717, 1.165) is 10.5 Å². The topological polar surface area (TPSA) is 107 Å². The van der Waals surface area contributed by atoms with Gasteiger partial charge in [0.05, 0.1) is 19.0 Å². The van der Waals surface area contributed by atoms with Gasteiger partial charge in [-0.15, -0.1) is 39.5 Å². The van der Waals surface area contributed by atoms with Crippen molar-refractivity contribution in [2.75, 3.05) is 24.7 Å². The Labute approximate surface area is 264 Å². The molecule has 35 heavy (non-hydrogen) atoms. The van der Waals surface area contributed by atoms with Gasteiger partial charge in [-0.3, -0.25) is 14.4 Å². The maximum Gasteiger partial charge on any atom is 0.313 e. The number of fused-ring (bicyclic) bond motifs is 1. The molecule has 1 heterocycles. The monoisotopic (exact) mass is 666 g/mol. The van der Waals surface area contributed by atoms with Gasteiger partial charge in [-0.25, -0.2) is 0 Å². The van der Waals surface area contributed by atoms with Crippen molar-refractivity contribution < 1.29 is 99.2 Å². The summed E-state index contributed by atoms with van der Waals surface area (Å²) in [6, 6.07) is 10.7. The Morgan fingerprint density at radius 2 is 1.60 bits per heavy atom. The average molecular weight is 666 g/mol. The number of hydrogen-bond acceptors (Lipinski definition) is 8. The van der Waals surface area contributed by atoms with Crippen LogP contribution in [0, 0.1) is 26.0 Å². The van der Waals surface area contributed by atoms with Crippen LogP contribution in [0.5, 0.6) is 0 Å². The summed E-state index contributed by atoms with van der Waals surface area (Å²) < 4.78 is 9.81. The molecular weight excluding hydrogens is 642 g/mol. The average Bonchev–Trinajstić information content (AvgIpc) is 3.15. The fourth-order valence-electron chi connectivity index (χ4n) is 2.93. The minimum absolute atomic E-state index is 0. The molecule has 0 saturated carbocycles. The van der Waals surface area contributed by atoms with Gasteiger partial charge in [0.25, 0.3) is 11.9 Å². The number of hydrogen-bond donors (Lipinski definition) is 1. The Morgan fingerprint density at radius 3 is 2.14 bits per heavy atom. The molecule has 0 amide bonds. The van der Waals surface area contributed by atoms with Crippen molar-refractivity contribution in [2.24, 2.45) is 0 Å². The van der Waals surface area contributed by atoms with Crippen molar-refractivity contribution in [3.05, 3.63) is 58.1 Å². The van der Waals surface area contributed by atoms with E-state index in [-0.39, 0.29) is 88.9 Å². The summed E-state index contributed by atoms with van der Waals surface area (Å²) in [5.41, 5.74) is 3.01. The second kappa shape index (κ2) is 17.0. The maximum atomic E-state index is 11.6. The minimum Gasteiger partial charge on any atom is -0.481 e. The molecule has 0 atom stereocenters. The van der Waals surface area contributed by atoms with Gasteiger partial charge >= 0.3 is 5.97 Å². The molecule has 11 heteroatoms. The Morgan fingerprint density at radius 1 is 1.03 bits per heavy atom. The van der Waals surface area contributed by atoms with Crippen LogP contribution in [0.4, 0.5) is 0 Å². The molecule has 0 aliphatic carbocycles. The van der Waals surface area contributed by atoms with Gasteiger partial charge in [-0.05, 0) is 25.0 Å². The SMILES string of the molecule is CCOC(=O)c1c[c-]c(SCC(=O)O)cc1C.CCOC(=O)c1c[c-]c2c(c1C)C(=O)CS2.[Y].[Y]. The standard InChI is InChI=1S/C12H13O4S.C12H11O3S.2Y/c1-3-16-12(15)10-5-4-9(6-8(10)2)17-7-11(13)14;1-3-15-12(14)8-4-5-10-11(7(8)2)9(13)6-16-10;;/h5-6H,3,7H2,1-2H3,(H,13,14);4H,3,6H2,1-2H3;;/q2*-1;;. The first-order valence-corrected chi connectivity index (χ1v) is 12.1. The Hall–Kier alpha value is -0.572. The van der Waals surface area contributed by atoms with E-state index in [4.69, 9.17) is 14.6 Å². The normalized spacial score (nSPS) is 11.1. The Balaban J connectivity index is 0.000000625. The fourth-order valence-corrected chi connectivity index (χ4v) is 4.58. The molecule has 2 aromatic rings. The molecule has 2 aromatic carbocycles. The number of carbonyl (C=O) groups is 4. The molecular formula is C24H24O7S2Y2-2. The molecule has 1 aliphatic heterocycles. The van der Waals surface area contributed by atoms with E-state index in [0.29, 0.717) is 46.1 Å². The number of carbonyl (C=O) groups excluding carboxylic acids is 3. The van der Waals surface area contributed by atoms with Gasteiger partial charge in [-0.1, -0.05) is 24.3 Å². The van der Waals surface area contributed by atoms with Crippen LogP contribution in [0.25, 0.3) is 0 Å². The summed E-state index contributed by atoms with van der Waals surface area (Å²) in [7, 11) is 0. The number of carboxylic acid groups (broad SMARTS) is 1. The second-order valence-electron chi connectivity index (χ2n) is 6.76. The quantitative estimate of drug-likeness (QED) is 0.262. The zero-order chi connectivity index (χ0) is 24.5. The number of aliphatic carboxylic acids is 1. The Kier molecular flexibility index (Phi) is 16.8. The first-order valence-electron chi connectivity index (χ1n) is 10.1. The van der Waals surface area contributed by atoms with Gasteiger partial charge < -0.3 is 19.4 Å². The molecule has 3 rings (SSSR count). The molecule has 1 N–H and O–H groups in total. The van der Waals surface area contributed by atoms with Gasteiger partial charge in [0.2, 0.25) is 0 Å². The summed E-state index contributed by atoms with van der Waals surface area (Å²) in [5, 5.41) is 8.55. The van der Waals surface area contributed by atoms with Crippen LogP contribution in [0.1, 0.15) is 56.0 Å². The Bertz CT molecular complexity index is 1070. The van der Waals surface area contributed by atoms with Crippen LogP contribution in [0.3, 0.4) is 0 Å². The van der Waals surface area contributed by atoms with Crippen LogP contribution < -0.4 is 0 Å². The number of rotatable bonds is 7. The third kappa shape index (κ3) is 10.0. The largest absolute Gasteiger partial charge is 0.481 e. The van der Waals surface area contributed by atoms with Crippen molar-refractivity contribution >= 4 is 47.2 Å². The van der Waals surface area contributed by atoms with E-state index >= 15 is 0 Å². The number of ether oxygens (including phenoxy) is 2. The summed E-state index contributed by atoms with van der Waals surface area (Å²) in [6.45, 7) is 7.72. The van der Waals surface area contributed by atoms with Crippen LogP contribution in [0.15, 0.2) is 28.0 Å². The number of Topliss-reactive ketones (excluding diaryl/α,β-unsaturated/α-hetero) is 1. The van der Waals surface area contributed by atoms with Gasteiger partial charge in [0, 0.05) is 71.2 Å². The van der Waals surface area contributed by atoms with Crippen LogP contribution in [-0.2, 0) is 79.7 Å². The summed E-state index contributed by atoms with van der Waals surface area (Å²) in [4.78, 5) is 46.7. The predicted octanol–water partition coefficient (Wildman–Crippen LogP) is 4.40. The van der Waals surface area contributed by atoms with Gasteiger partial charge in [0.15, 0.2) is 0 Å². The van der Waals surface area contributed by atoms with Crippen molar-refractivity contribution in [2.45, 2.75) is 37.5 Å². The fraction of sp³-hybridized carbons (Fsp3) is 0.333. The number of carboxylic acids is 1. The number of ketones is 1. The maximum absolute atomic E-state index is 11.6. The van der Waals surface area contributed by atoms with Crippen molar-refractivity contribution in [3.63, 3.8) is 0 Å². The van der Waals surface area contributed by atoms with Crippen molar-refractivity contribution in [3.8, 4) is 0 Å². The molecule has 0 spiro atoms. The van der Waals surface area contributed by atoms with Crippen LogP contribution >= 0.6 is 23.5 Å². The van der Waals surface area contributed by atoms with Crippen molar-refractivity contribution in [1.29, 1.82) is 0 Å². The minimum atomic E-state index is -0.879. The number of esters is 2. The molecule has 182 valence electrons. The van der Waals surface area contributed by atoms with E-state index in [1.165, 1.54) is 29.6 Å². The van der Waals surface area contributed by atoms with E-state index in [2.05, 4.69) is 12.1 Å². The summed E-state index contributed by atoms with van der Waals surface area (Å²) in [5.74, 6) is -1.15. The molecule has 2 radical (unpaired) electrons. The zero-order valence-electron chi connectivity index (χ0n) is 19.9. The zero-order valence-corrected chi connectivity index (χ0v) is 27.2. The first-order chi connectivity index (χ1) is 15.7. The number of aryl methyl sites for hydroxylation is 1. The van der Waals surface area contributed by atoms with E-state index in [1.807, 2.05) is 0 Å². The molecule has 0 bridgehead atoms. The summed E-state index contributed by atoms with van der Waals surface area (Å²) >= 11 is 2.64. The predicted molar refractivity (Wildman–Crippen MR) is 125 cm³/mol. The molecule has 0 saturated heterocycles. The molecule has 0 unspecified atom stereocenters. The third-order valence-electron chi connectivity index (χ3n) is 4.45. The third-order valence-corrected chi connectivity index (χ3v) is 6.41. The van der Waals surface area contributed by atoms with Crippen LogP contribution in [-0.4, -0.2) is 53.5 Å². The van der Waals surface area contributed by atoms with E-state index < -0.39 is 5.97 Å². The molecule has 0 fully saturated rings. The van der Waals surface area contributed by atoms with Crippen molar-refractivity contribution in [1.82, 2.24) is 0 Å². The van der Waals surface area contributed by atoms with E-state index in [1.54, 1.807) is 39.8 Å². The number of thioether (sulfide) groups is 2. The van der Waals surface area contributed by atoms with Crippen LogP contribution in [0.2, 0.25) is 0 Å². The summed E-state index contributed by atoms with van der Waals surface area (Å²) in [6.07, 6.45) is 0. The smallest absolute Gasteiger partial charge is 0.313 e. The van der Waals surface area contributed by atoms with Gasteiger partial charge in [-0.2, -0.15) is 30.3 Å². The van der Waals surface area contributed by atoms with Gasteiger partial charge in [0.1, 0.15) is 5.78 Å². The first kappa shape index (κ1) is 34.4. The molecule has 0 aromatic heterocycles. The van der Waals surface area contributed by atoms with E-state index in [9.17, 15) is 19.2 Å². The number of benzene rings is 2.